The molecular formula is C13H17N3O5. The molecule has 0 bridgehead atoms. The number of carboxylic acid groups (broad SMARTS) is 1. The van der Waals surface area contributed by atoms with Gasteiger partial charge in [-0.1, -0.05) is 0 Å². The summed E-state index contributed by atoms with van der Waals surface area (Å²) in [5.41, 5.74) is -0.383. The van der Waals surface area contributed by atoms with Crippen molar-refractivity contribution in [2.24, 2.45) is 0 Å². The first-order valence-corrected chi connectivity index (χ1v) is 6.78. The molecule has 0 saturated carbocycles. The first kappa shape index (κ1) is 15.2. The Balaban J connectivity index is 2.33. The lowest BCUT2D eigenvalue weighted by Gasteiger charge is -2.33. The van der Waals surface area contributed by atoms with E-state index >= 15 is 0 Å². The predicted octanol–water partition coefficient (Wildman–Crippen LogP) is 1.69. The Morgan fingerprint density at radius 3 is 3.00 bits per heavy atom. The second-order valence-electron chi connectivity index (χ2n) is 4.77. The second kappa shape index (κ2) is 6.49. The summed E-state index contributed by atoms with van der Waals surface area (Å²) in [5.74, 6) is -1.10. The number of pyridine rings is 1. The van der Waals surface area contributed by atoms with Crippen LogP contribution in [0, 0.1) is 10.1 Å². The van der Waals surface area contributed by atoms with Crippen LogP contribution in [0.3, 0.4) is 0 Å². The van der Waals surface area contributed by atoms with Gasteiger partial charge in [-0.3, -0.25) is 10.1 Å². The normalized spacial score (nSPS) is 18.5. The number of hydrogen-bond donors (Lipinski definition) is 1. The lowest BCUT2D eigenvalue weighted by Crippen LogP contribution is -2.40. The van der Waals surface area contributed by atoms with E-state index in [9.17, 15) is 14.9 Å². The van der Waals surface area contributed by atoms with Crippen molar-refractivity contribution in [1.29, 1.82) is 0 Å². The number of rotatable bonds is 5. The highest BCUT2D eigenvalue weighted by atomic mass is 16.6. The zero-order chi connectivity index (χ0) is 15.4. The van der Waals surface area contributed by atoms with Gasteiger partial charge in [0.1, 0.15) is 0 Å². The van der Waals surface area contributed by atoms with Crippen molar-refractivity contribution in [1.82, 2.24) is 4.98 Å². The van der Waals surface area contributed by atoms with Crippen LogP contribution in [0.25, 0.3) is 0 Å². The molecule has 1 aliphatic rings. The van der Waals surface area contributed by atoms with Crippen molar-refractivity contribution < 1.29 is 19.6 Å². The largest absolute Gasteiger partial charge is 0.477 e. The Hall–Kier alpha value is -2.22. The number of aromatic carboxylic acids is 1. The molecule has 1 fully saturated rings. The number of carbonyl (C=O) groups is 1. The van der Waals surface area contributed by atoms with Gasteiger partial charge < -0.3 is 14.7 Å². The molecule has 2 heterocycles. The molecule has 0 amide bonds. The van der Waals surface area contributed by atoms with E-state index in [2.05, 4.69) is 4.98 Å². The van der Waals surface area contributed by atoms with E-state index in [1.54, 1.807) is 4.90 Å². The Labute approximate surface area is 121 Å². The van der Waals surface area contributed by atoms with Gasteiger partial charge in [-0.15, -0.1) is 0 Å². The van der Waals surface area contributed by atoms with Gasteiger partial charge in [-0.25, -0.2) is 9.78 Å². The molecule has 1 atom stereocenters. The molecule has 1 unspecified atom stereocenters. The van der Waals surface area contributed by atoms with Crippen LogP contribution in [-0.4, -0.2) is 46.8 Å². The van der Waals surface area contributed by atoms with Crippen LogP contribution < -0.4 is 4.90 Å². The molecule has 1 N–H and O–H groups in total. The number of hydrogen-bond acceptors (Lipinski definition) is 6. The SMILES string of the molecule is CCOC1CCCN(c2nc(C(=O)O)ccc2[N+](=O)[O-])C1. The minimum atomic E-state index is -1.20. The molecule has 8 nitrogen and oxygen atoms in total. The summed E-state index contributed by atoms with van der Waals surface area (Å²) in [6.07, 6.45) is 1.69. The molecule has 1 aliphatic heterocycles. The van der Waals surface area contributed by atoms with Gasteiger partial charge in [0, 0.05) is 25.8 Å². The van der Waals surface area contributed by atoms with Crippen LogP contribution >= 0.6 is 0 Å². The number of aromatic nitrogens is 1. The van der Waals surface area contributed by atoms with E-state index in [1.807, 2.05) is 6.92 Å². The summed E-state index contributed by atoms with van der Waals surface area (Å²) < 4.78 is 5.56. The fourth-order valence-electron chi connectivity index (χ4n) is 2.44. The lowest BCUT2D eigenvalue weighted by atomic mass is 10.1. The highest BCUT2D eigenvalue weighted by Crippen LogP contribution is 2.29. The van der Waals surface area contributed by atoms with Crippen LogP contribution in [0.2, 0.25) is 0 Å². The fraction of sp³-hybridized carbons (Fsp3) is 0.538. The fourth-order valence-corrected chi connectivity index (χ4v) is 2.44. The van der Waals surface area contributed by atoms with E-state index in [0.29, 0.717) is 19.7 Å². The molecule has 2 rings (SSSR count). The van der Waals surface area contributed by atoms with Gasteiger partial charge >= 0.3 is 11.7 Å². The summed E-state index contributed by atoms with van der Waals surface area (Å²) in [5, 5.41) is 20.1. The minimum Gasteiger partial charge on any atom is -0.477 e. The molecule has 21 heavy (non-hydrogen) atoms. The van der Waals surface area contributed by atoms with E-state index in [-0.39, 0.29) is 23.3 Å². The lowest BCUT2D eigenvalue weighted by molar-refractivity contribution is -0.384. The number of carboxylic acids is 1. The summed E-state index contributed by atoms with van der Waals surface area (Å²) in [4.78, 5) is 27.2. The van der Waals surface area contributed by atoms with Gasteiger partial charge in [-0.2, -0.15) is 0 Å². The van der Waals surface area contributed by atoms with E-state index < -0.39 is 10.9 Å². The third-order valence-corrected chi connectivity index (χ3v) is 3.35. The molecule has 0 radical (unpaired) electrons. The molecule has 1 saturated heterocycles. The Bertz CT molecular complexity index is 547. The average Bonchev–Trinajstić information content (AvgIpc) is 2.47. The highest BCUT2D eigenvalue weighted by Gasteiger charge is 2.28. The van der Waals surface area contributed by atoms with Gasteiger partial charge in [0.05, 0.1) is 11.0 Å². The maximum Gasteiger partial charge on any atom is 0.354 e. The zero-order valence-electron chi connectivity index (χ0n) is 11.7. The third kappa shape index (κ3) is 3.46. The van der Waals surface area contributed by atoms with E-state index in [1.165, 1.54) is 6.07 Å². The number of nitro groups is 1. The van der Waals surface area contributed by atoms with Gasteiger partial charge in [0.2, 0.25) is 5.82 Å². The highest BCUT2D eigenvalue weighted by molar-refractivity contribution is 5.86. The summed E-state index contributed by atoms with van der Waals surface area (Å²) in [7, 11) is 0. The van der Waals surface area contributed by atoms with Crippen molar-refractivity contribution in [3.63, 3.8) is 0 Å². The maximum absolute atomic E-state index is 11.1. The first-order chi connectivity index (χ1) is 10.0. The van der Waals surface area contributed by atoms with Gasteiger partial charge in [-0.05, 0) is 25.8 Å². The third-order valence-electron chi connectivity index (χ3n) is 3.35. The topological polar surface area (TPSA) is 106 Å². The molecule has 0 spiro atoms. The molecule has 0 aromatic carbocycles. The molecule has 1 aromatic rings. The van der Waals surface area contributed by atoms with E-state index in [0.717, 1.165) is 18.9 Å². The number of piperidine rings is 1. The number of nitrogens with zero attached hydrogens (tertiary/aromatic N) is 3. The molecular weight excluding hydrogens is 278 g/mol. The van der Waals surface area contributed by atoms with E-state index in [4.69, 9.17) is 9.84 Å². The predicted molar refractivity (Wildman–Crippen MR) is 74.7 cm³/mol. The summed E-state index contributed by atoms with van der Waals surface area (Å²) in [6.45, 7) is 3.54. The average molecular weight is 295 g/mol. The summed E-state index contributed by atoms with van der Waals surface area (Å²) >= 11 is 0. The van der Waals surface area contributed by atoms with Crippen LogP contribution in [0.1, 0.15) is 30.3 Å². The molecule has 114 valence electrons. The first-order valence-electron chi connectivity index (χ1n) is 6.78. The van der Waals surface area contributed by atoms with Crippen molar-refractivity contribution in [3.05, 3.63) is 27.9 Å². The quantitative estimate of drug-likeness (QED) is 0.650. The minimum absolute atomic E-state index is 0.0151. The maximum atomic E-state index is 11.1. The van der Waals surface area contributed by atoms with Gasteiger partial charge in [0.25, 0.3) is 0 Å². The van der Waals surface area contributed by atoms with Crippen LogP contribution in [0.4, 0.5) is 11.5 Å². The number of anilines is 1. The zero-order valence-corrected chi connectivity index (χ0v) is 11.7. The van der Waals surface area contributed by atoms with Crippen molar-refractivity contribution in [3.8, 4) is 0 Å². The number of ether oxygens (including phenoxy) is 1. The van der Waals surface area contributed by atoms with Gasteiger partial charge in [0.15, 0.2) is 5.69 Å². The van der Waals surface area contributed by atoms with Crippen LogP contribution in [-0.2, 0) is 4.74 Å². The molecule has 1 aromatic heterocycles. The Morgan fingerprint density at radius 1 is 1.62 bits per heavy atom. The summed E-state index contributed by atoms with van der Waals surface area (Å²) in [6, 6.07) is 2.34. The molecule has 8 heteroatoms. The van der Waals surface area contributed by atoms with Crippen LogP contribution in [0.15, 0.2) is 12.1 Å². The Kier molecular flexibility index (Phi) is 4.69. The van der Waals surface area contributed by atoms with Crippen molar-refractivity contribution in [2.75, 3.05) is 24.6 Å². The van der Waals surface area contributed by atoms with Crippen LogP contribution in [0.5, 0.6) is 0 Å². The van der Waals surface area contributed by atoms with Crippen molar-refractivity contribution in [2.45, 2.75) is 25.9 Å². The second-order valence-corrected chi connectivity index (χ2v) is 4.77. The molecule has 0 aliphatic carbocycles. The standard InChI is InChI=1S/C13H17N3O5/c1-2-21-9-4-3-7-15(8-9)12-11(16(19)20)6-5-10(14-12)13(17)18/h5-6,9H,2-4,7-8H2,1H3,(H,17,18). The van der Waals surface area contributed by atoms with Crippen molar-refractivity contribution >= 4 is 17.5 Å². The monoisotopic (exact) mass is 295 g/mol. The smallest absolute Gasteiger partial charge is 0.354 e. The Morgan fingerprint density at radius 2 is 2.38 bits per heavy atom.